The van der Waals surface area contributed by atoms with Crippen LogP contribution in [0.1, 0.15) is 21.1 Å². The number of pyridine rings is 1. The molecule has 0 radical (unpaired) electrons. The van der Waals surface area contributed by atoms with E-state index in [1.165, 1.54) is 12.1 Å². The van der Waals surface area contributed by atoms with Crippen molar-refractivity contribution in [2.24, 2.45) is 0 Å². The van der Waals surface area contributed by atoms with E-state index in [-0.39, 0.29) is 11.3 Å². The highest BCUT2D eigenvalue weighted by Gasteiger charge is 2.15. The summed E-state index contributed by atoms with van der Waals surface area (Å²) in [5, 5.41) is 19.9. The van der Waals surface area contributed by atoms with Gasteiger partial charge in [-0.25, -0.2) is 14.8 Å². The van der Waals surface area contributed by atoms with Gasteiger partial charge in [0.05, 0.1) is 10.6 Å². The van der Waals surface area contributed by atoms with Crippen molar-refractivity contribution in [3.63, 3.8) is 0 Å². The third-order valence-corrected chi connectivity index (χ3v) is 6.61. The maximum Gasteiger partial charge on any atom is 0.339 e. The van der Waals surface area contributed by atoms with Gasteiger partial charge >= 0.3 is 5.97 Å². The summed E-state index contributed by atoms with van der Waals surface area (Å²) in [5.74, 6) is -0.834. The van der Waals surface area contributed by atoms with Gasteiger partial charge in [-0.15, -0.1) is 22.7 Å². The molecule has 1 aromatic carbocycles. The van der Waals surface area contributed by atoms with Gasteiger partial charge in [0.1, 0.15) is 22.9 Å². The van der Waals surface area contributed by atoms with E-state index in [1.54, 1.807) is 41.0 Å². The van der Waals surface area contributed by atoms with Gasteiger partial charge in [-0.05, 0) is 42.8 Å². The number of carboxylic acid groups (broad SMARTS) is 1. The average Bonchev–Trinajstić information content (AvgIpc) is 3.33. The van der Waals surface area contributed by atoms with Crippen molar-refractivity contribution in [3.8, 4) is 31.8 Å². The number of thiazole rings is 1. The standard InChI is InChI=1S/C21H16N2O4S2/c1-12-20(29-19(23-12)11-27-18-4-2-3-9-22-18)17-8-7-16(28-17)13-5-6-14(21(25)26)15(24)10-13/h2-10,24H,11H2,1H3,(H,25,26). The summed E-state index contributed by atoms with van der Waals surface area (Å²) in [4.78, 5) is 22.9. The fraction of sp³-hybridized carbons (Fsp3) is 0.0952. The first-order valence-corrected chi connectivity index (χ1v) is 10.3. The molecule has 0 fully saturated rings. The Hall–Kier alpha value is -3.23. The lowest BCUT2D eigenvalue weighted by molar-refractivity contribution is 0.0694. The molecule has 4 rings (SSSR count). The second-order valence-electron chi connectivity index (χ2n) is 6.18. The first-order chi connectivity index (χ1) is 14.0. The Kier molecular flexibility index (Phi) is 5.28. The van der Waals surface area contributed by atoms with Crippen LogP contribution < -0.4 is 4.74 Å². The monoisotopic (exact) mass is 424 g/mol. The number of carbonyl (C=O) groups is 1. The predicted octanol–water partition coefficient (Wildman–Crippen LogP) is 5.22. The molecular formula is C21H16N2O4S2. The molecule has 6 nitrogen and oxygen atoms in total. The number of nitrogens with zero attached hydrogens (tertiary/aromatic N) is 2. The molecule has 0 amide bonds. The quantitative estimate of drug-likeness (QED) is 0.441. The smallest absolute Gasteiger partial charge is 0.339 e. The molecule has 0 atom stereocenters. The van der Waals surface area contributed by atoms with Gasteiger partial charge in [-0.2, -0.15) is 0 Å². The number of phenols is 1. The molecule has 0 spiro atoms. The van der Waals surface area contributed by atoms with Gasteiger partial charge < -0.3 is 14.9 Å². The molecule has 0 aliphatic carbocycles. The summed E-state index contributed by atoms with van der Waals surface area (Å²) in [5.41, 5.74) is 1.58. The van der Waals surface area contributed by atoms with Gasteiger partial charge in [-0.3, -0.25) is 0 Å². The predicted molar refractivity (Wildman–Crippen MR) is 113 cm³/mol. The van der Waals surface area contributed by atoms with Gasteiger partial charge in [0.15, 0.2) is 0 Å². The largest absolute Gasteiger partial charge is 0.507 e. The van der Waals surface area contributed by atoms with Crippen LogP contribution in [0.2, 0.25) is 0 Å². The number of carboxylic acids is 1. The second kappa shape index (κ2) is 8.02. The first-order valence-electron chi connectivity index (χ1n) is 8.68. The molecule has 29 heavy (non-hydrogen) atoms. The highest BCUT2D eigenvalue weighted by atomic mass is 32.1. The Morgan fingerprint density at radius 1 is 1.10 bits per heavy atom. The minimum atomic E-state index is -1.15. The van der Waals surface area contributed by atoms with E-state index in [4.69, 9.17) is 9.84 Å². The van der Waals surface area contributed by atoms with Gasteiger partial charge in [0.2, 0.25) is 5.88 Å². The number of benzene rings is 1. The SMILES string of the molecule is Cc1nc(COc2ccccn2)sc1-c1ccc(-c2ccc(C(=O)O)c(O)c2)s1. The summed E-state index contributed by atoms with van der Waals surface area (Å²) in [6, 6.07) is 14.1. The number of aromatic hydroxyl groups is 1. The number of hydrogen-bond donors (Lipinski definition) is 2. The van der Waals surface area contributed by atoms with Gasteiger partial charge in [0.25, 0.3) is 0 Å². The Morgan fingerprint density at radius 2 is 1.93 bits per heavy atom. The maximum atomic E-state index is 11.1. The van der Waals surface area contributed by atoms with Crippen LogP contribution in [0.5, 0.6) is 11.6 Å². The summed E-state index contributed by atoms with van der Waals surface area (Å²) in [6.45, 7) is 2.31. The van der Waals surface area contributed by atoms with E-state index >= 15 is 0 Å². The second-order valence-corrected chi connectivity index (χ2v) is 8.35. The van der Waals surface area contributed by atoms with E-state index in [9.17, 15) is 9.90 Å². The van der Waals surface area contributed by atoms with Crippen LogP contribution in [0.25, 0.3) is 20.2 Å². The molecule has 0 saturated heterocycles. The Labute approximate surface area is 174 Å². The van der Waals surface area contributed by atoms with Crippen LogP contribution >= 0.6 is 22.7 Å². The van der Waals surface area contributed by atoms with Crippen LogP contribution in [-0.2, 0) is 6.61 Å². The molecule has 3 aromatic heterocycles. The average molecular weight is 425 g/mol. The number of aryl methyl sites for hydroxylation is 1. The highest BCUT2D eigenvalue weighted by Crippen LogP contribution is 2.39. The van der Waals surface area contributed by atoms with Crippen LogP contribution in [0.4, 0.5) is 0 Å². The number of thiophene rings is 1. The highest BCUT2D eigenvalue weighted by molar-refractivity contribution is 7.23. The summed E-state index contributed by atoms with van der Waals surface area (Å²) in [7, 11) is 0. The Bertz CT molecular complexity index is 1170. The van der Waals surface area contributed by atoms with Crippen molar-refractivity contribution >= 4 is 28.6 Å². The minimum absolute atomic E-state index is 0.110. The summed E-state index contributed by atoms with van der Waals surface area (Å²) in [6.07, 6.45) is 1.68. The van der Waals surface area contributed by atoms with Crippen molar-refractivity contribution in [2.75, 3.05) is 0 Å². The molecular weight excluding hydrogens is 408 g/mol. The van der Waals surface area contributed by atoms with Gasteiger partial charge in [0, 0.05) is 22.0 Å². The molecule has 0 aliphatic heterocycles. The zero-order valence-electron chi connectivity index (χ0n) is 15.3. The Morgan fingerprint density at radius 3 is 2.66 bits per heavy atom. The van der Waals surface area contributed by atoms with Crippen molar-refractivity contribution < 1.29 is 19.7 Å². The topological polar surface area (TPSA) is 92.5 Å². The van der Waals surface area contributed by atoms with E-state index in [1.807, 2.05) is 31.2 Å². The number of ether oxygens (including phenoxy) is 1. The molecule has 0 saturated carbocycles. The van der Waals surface area contributed by atoms with Crippen LogP contribution in [0.3, 0.4) is 0 Å². The molecule has 146 valence electrons. The van der Waals surface area contributed by atoms with Crippen LogP contribution in [0, 0.1) is 6.92 Å². The molecule has 3 heterocycles. The minimum Gasteiger partial charge on any atom is -0.507 e. The lowest BCUT2D eigenvalue weighted by Crippen LogP contribution is -1.96. The zero-order chi connectivity index (χ0) is 20.4. The maximum absolute atomic E-state index is 11.1. The number of rotatable bonds is 6. The summed E-state index contributed by atoms with van der Waals surface area (Å²) < 4.78 is 5.68. The number of hydrogen-bond acceptors (Lipinski definition) is 7. The first kappa shape index (κ1) is 19.1. The molecule has 0 aliphatic rings. The van der Waals surface area contributed by atoms with E-state index in [0.717, 1.165) is 30.9 Å². The third-order valence-electron chi connectivity index (χ3n) is 4.16. The van der Waals surface area contributed by atoms with Crippen molar-refractivity contribution in [3.05, 3.63) is 71.0 Å². The number of aromatic carboxylic acids is 1. The molecule has 0 unspecified atom stereocenters. The van der Waals surface area contributed by atoms with Crippen molar-refractivity contribution in [1.29, 1.82) is 0 Å². The normalized spacial score (nSPS) is 10.8. The zero-order valence-corrected chi connectivity index (χ0v) is 17.0. The third kappa shape index (κ3) is 4.13. The molecule has 0 bridgehead atoms. The molecule has 8 heteroatoms. The van der Waals surface area contributed by atoms with Crippen LogP contribution in [0.15, 0.2) is 54.7 Å². The Balaban J connectivity index is 1.54. The fourth-order valence-electron chi connectivity index (χ4n) is 2.79. The summed E-state index contributed by atoms with van der Waals surface area (Å²) >= 11 is 3.13. The van der Waals surface area contributed by atoms with E-state index < -0.39 is 5.97 Å². The van der Waals surface area contributed by atoms with E-state index in [2.05, 4.69) is 9.97 Å². The molecule has 4 aromatic rings. The van der Waals surface area contributed by atoms with E-state index in [0.29, 0.717) is 12.5 Å². The lowest BCUT2D eigenvalue weighted by Gasteiger charge is -2.02. The van der Waals surface area contributed by atoms with Crippen LogP contribution in [-0.4, -0.2) is 26.2 Å². The number of aromatic nitrogens is 2. The fourth-order valence-corrected chi connectivity index (χ4v) is 4.93. The van der Waals surface area contributed by atoms with Gasteiger partial charge in [-0.1, -0.05) is 12.1 Å². The molecule has 2 N–H and O–H groups in total. The van der Waals surface area contributed by atoms with Crippen molar-refractivity contribution in [2.45, 2.75) is 13.5 Å². The van der Waals surface area contributed by atoms with Crippen molar-refractivity contribution in [1.82, 2.24) is 9.97 Å². The lowest BCUT2D eigenvalue weighted by atomic mass is 10.1.